The molecule has 0 bridgehead atoms. The third kappa shape index (κ3) is 5.63. The Kier molecular flexibility index (Phi) is 8.13. The number of benzene rings is 2. The third-order valence-electron chi connectivity index (χ3n) is 7.16. The van der Waals surface area contributed by atoms with Crippen molar-refractivity contribution in [1.82, 2.24) is 4.90 Å². The monoisotopic (exact) mass is 604 g/mol. The molecule has 0 radical (unpaired) electrons. The molecular formula is C27H32N4O8S2. The van der Waals surface area contributed by atoms with Gasteiger partial charge in [-0.1, -0.05) is 38.1 Å². The van der Waals surface area contributed by atoms with Gasteiger partial charge in [0.1, 0.15) is 22.1 Å². The number of aliphatic hydroxyl groups excluding tert-OH is 1. The first kappa shape index (κ1) is 30.3. The number of hydrogen-bond acceptors (Lipinski definition) is 9. The first-order chi connectivity index (χ1) is 19.1. The number of nitrogens with zero attached hydrogens (tertiary/aromatic N) is 2. The fourth-order valence-corrected chi connectivity index (χ4v) is 6.96. The first-order valence-electron chi connectivity index (χ1n) is 12.9. The third-order valence-corrected chi connectivity index (χ3v) is 9.10. The molecule has 1 aliphatic carbocycles. The molecule has 0 saturated carbocycles. The van der Waals surface area contributed by atoms with Crippen molar-refractivity contribution in [3.8, 4) is 0 Å². The molecular weight excluding hydrogens is 572 g/mol. The Labute approximate surface area is 239 Å². The highest BCUT2D eigenvalue weighted by molar-refractivity contribution is 7.92. The number of rotatable bonds is 9. The number of hydrogen-bond donors (Lipinski definition) is 3. The molecule has 3 N–H and O–H groups in total. The van der Waals surface area contributed by atoms with Gasteiger partial charge in [0.05, 0.1) is 18.6 Å². The molecule has 4 rings (SSSR count). The number of amidine groups is 1. The summed E-state index contributed by atoms with van der Waals surface area (Å²) in [5.41, 5.74) is -1.52. The first-order valence-corrected chi connectivity index (χ1v) is 16.2. The van der Waals surface area contributed by atoms with Crippen molar-refractivity contribution in [1.29, 1.82) is 0 Å². The molecule has 0 saturated heterocycles. The minimum atomic E-state index is -4.49. The van der Waals surface area contributed by atoms with E-state index >= 15 is 0 Å². The highest BCUT2D eigenvalue weighted by atomic mass is 32.2. The van der Waals surface area contributed by atoms with Gasteiger partial charge in [-0.15, -0.1) is 4.40 Å². The predicted octanol–water partition coefficient (Wildman–Crippen LogP) is 1.78. The molecule has 41 heavy (non-hydrogen) atoms. The normalized spacial score (nSPS) is 21.4. The van der Waals surface area contributed by atoms with Crippen LogP contribution in [0.3, 0.4) is 0 Å². The van der Waals surface area contributed by atoms with Crippen molar-refractivity contribution in [2.45, 2.75) is 37.0 Å². The van der Waals surface area contributed by atoms with Crippen LogP contribution >= 0.6 is 0 Å². The molecule has 2 aromatic carbocycles. The van der Waals surface area contributed by atoms with Gasteiger partial charge in [-0.2, -0.15) is 8.42 Å². The zero-order valence-corrected chi connectivity index (χ0v) is 24.7. The summed E-state index contributed by atoms with van der Waals surface area (Å²) >= 11 is 0. The van der Waals surface area contributed by atoms with Crippen molar-refractivity contribution >= 4 is 54.7 Å². The number of anilines is 2. The summed E-state index contributed by atoms with van der Waals surface area (Å²) in [4.78, 5) is 43.3. The number of ketones is 2. The lowest BCUT2D eigenvalue weighted by Crippen LogP contribution is -2.59. The van der Waals surface area contributed by atoms with E-state index in [1.54, 1.807) is 18.2 Å². The zero-order chi connectivity index (χ0) is 30.3. The molecule has 2 aliphatic rings. The van der Waals surface area contributed by atoms with Gasteiger partial charge in [0.2, 0.25) is 15.9 Å². The predicted molar refractivity (Wildman–Crippen MR) is 153 cm³/mol. The Morgan fingerprint density at radius 3 is 2.51 bits per heavy atom. The Balaban J connectivity index is 1.89. The van der Waals surface area contributed by atoms with Gasteiger partial charge in [0.15, 0.2) is 11.6 Å². The van der Waals surface area contributed by atoms with E-state index in [0.29, 0.717) is 6.42 Å². The Bertz CT molecular complexity index is 1670. The van der Waals surface area contributed by atoms with Gasteiger partial charge in [0, 0.05) is 24.8 Å². The quantitative estimate of drug-likeness (QED) is 0.360. The van der Waals surface area contributed by atoms with Crippen LogP contribution in [0.5, 0.6) is 0 Å². The van der Waals surface area contributed by atoms with Crippen LogP contribution in [0.2, 0.25) is 0 Å². The summed E-state index contributed by atoms with van der Waals surface area (Å²) < 4.78 is 55.8. The molecule has 14 heteroatoms. The maximum atomic E-state index is 14.5. The summed E-state index contributed by atoms with van der Waals surface area (Å²) in [6.45, 7) is 3.46. The van der Waals surface area contributed by atoms with E-state index in [9.17, 15) is 36.3 Å². The fourth-order valence-electron chi connectivity index (χ4n) is 5.22. The van der Waals surface area contributed by atoms with Crippen LogP contribution in [0.15, 0.2) is 51.8 Å². The maximum Gasteiger partial charge on any atom is 0.286 e. The van der Waals surface area contributed by atoms with Crippen molar-refractivity contribution < 1.29 is 36.3 Å². The van der Waals surface area contributed by atoms with Gasteiger partial charge in [-0.3, -0.25) is 19.1 Å². The number of fused-ring (bicyclic) bond motifs is 2. The van der Waals surface area contributed by atoms with E-state index in [-0.39, 0.29) is 52.9 Å². The summed E-state index contributed by atoms with van der Waals surface area (Å²) in [6.07, 6.45) is 1.41. The number of nitrogens with one attached hydrogen (secondary N) is 2. The number of aliphatic hydroxyl groups is 1. The summed E-state index contributed by atoms with van der Waals surface area (Å²) in [6, 6.07) is 9.98. The van der Waals surface area contributed by atoms with Crippen molar-refractivity contribution in [2.75, 3.05) is 36.5 Å². The van der Waals surface area contributed by atoms with Crippen molar-refractivity contribution in [2.24, 2.45) is 16.2 Å². The molecule has 2 aromatic rings. The van der Waals surface area contributed by atoms with Gasteiger partial charge < -0.3 is 15.3 Å². The maximum absolute atomic E-state index is 14.5. The molecule has 2 unspecified atom stereocenters. The Hall–Kier alpha value is -3.62. The molecule has 2 atom stereocenters. The summed E-state index contributed by atoms with van der Waals surface area (Å²) in [5, 5.41) is 12.3. The van der Waals surface area contributed by atoms with E-state index in [2.05, 4.69) is 14.4 Å². The van der Waals surface area contributed by atoms with E-state index in [4.69, 9.17) is 0 Å². The number of likely N-dealkylation sites (N-methyl/N-ethyl adjacent to an activating group) is 1. The smallest absolute Gasteiger partial charge is 0.286 e. The molecule has 1 heterocycles. The Morgan fingerprint density at radius 2 is 1.88 bits per heavy atom. The second kappa shape index (κ2) is 11.0. The summed E-state index contributed by atoms with van der Waals surface area (Å²) in [5.74, 6) is -4.22. The highest BCUT2D eigenvalue weighted by Gasteiger charge is 2.58. The van der Waals surface area contributed by atoms with Crippen LogP contribution < -0.4 is 10.0 Å². The number of Topliss-reactive ketones (excluding diaryl/α,β-unsaturated/α-hetero) is 2. The molecule has 1 amide bonds. The SMILES string of the molecule is CC(C)CCC1(C(=O)N(C)CCO)C(=O)C(C2=NS(=O)(=O)c3cc(NS(C)(=O)=O)ccc3N2)C(=O)c2ccccc21. The van der Waals surface area contributed by atoms with Crippen molar-refractivity contribution in [3.05, 3.63) is 53.6 Å². The molecule has 1 aliphatic heterocycles. The minimum Gasteiger partial charge on any atom is -0.395 e. The van der Waals surface area contributed by atoms with Crippen LogP contribution in [-0.2, 0) is 35.1 Å². The number of carbonyl (C=O) groups is 3. The number of amides is 1. The van der Waals surface area contributed by atoms with E-state index in [0.717, 1.165) is 12.3 Å². The van der Waals surface area contributed by atoms with Crippen LogP contribution in [0, 0.1) is 11.8 Å². The van der Waals surface area contributed by atoms with Gasteiger partial charge >= 0.3 is 0 Å². The van der Waals surface area contributed by atoms with Crippen LogP contribution in [-0.4, -0.2) is 76.6 Å². The average molecular weight is 605 g/mol. The van der Waals surface area contributed by atoms with Gasteiger partial charge in [0.25, 0.3) is 10.0 Å². The van der Waals surface area contributed by atoms with E-state index < -0.39 is 54.7 Å². The minimum absolute atomic E-state index is 0.00925. The summed E-state index contributed by atoms with van der Waals surface area (Å²) in [7, 11) is -6.74. The second-order valence-electron chi connectivity index (χ2n) is 10.7. The lowest BCUT2D eigenvalue weighted by molar-refractivity contribution is -0.144. The zero-order valence-electron chi connectivity index (χ0n) is 23.0. The van der Waals surface area contributed by atoms with Gasteiger partial charge in [-0.25, -0.2) is 8.42 Å². The molecule has 0 spiro atoms. The Morgan fingerprint density at radius 1 is 1.20 bits per heavy atom. The van der Waals surface area contributed by atoms with Crippen LogP contribution in [0.25, 0.3) is 0 Å². The number of sulfonamides is 2. The topological polar surface area (TPSA) is 179 Å². The second-order valence-corrected chi connectivity index (χ2v) is 14.0. The van der Waals surface area contributed by atoms with Crippen LogP contribution in [0.1, 0.15) is 42.6 Å². The largest absolute Gasteiger partial charge is 0.395 e. The van der Waals surface area contributed by atoms with Crippen molar-refractivity contribution in [3.63, 3.8) is 0 Å². The van der Waals surface area contributed by atoms with E-state index in [1.165, 1.54) is 30.1 Å². The molecule has 0 aromatic heterocycles. The fraction of sp³-hybridized carbons (Fsp3) is 0.407. The lowest BCUT2D eigenvalue weighted by Gasteiger charge is -2.42. The molecule has 12 nitrogen and oxygen atoms in total. The molecule has 0 fully saturated rings. The average Bonchev–Trinajstić information content (AvgIpc) is 2.88. The number of carbonyl (C=O) groups excluding carboxylic acids is 3. The van der Waals surface area contributed by atoms with Gasteiger partial charge in [-0.05, 0) is 42.5 Å². The lowest BCUT2D eigenvalue weighted by atomic mass is 9.61. The van der Waals surface area contributed by atoms with Crippen LogP contribution in [0.4, 0.5) is 11.4 Å². The highest BCUT2D eigenvalue weighted by Crippen LogP contribution is 2.44. The standard InChI is InChI=1S/C27H32N4O8S2/c1-16(2)11-12-27(26(35)31(3)13-14-32)19-8-6-5-7-18(19)23(33)22(24(27)34)25-28-20-10-9-17(29-40(4,36)37)15-21(20)41(38,39)30-25/h5-10,15-16,22,29,32H,11-14H2,1-4H3,(H,28,30). The molecule has 220 valence electrons. The van der Waals surface area contributed by atoms with E-state index in [1.807, 2.05) is 13.8 Å².